The van der Waals surface area contributed by atoms with E-state index < -0.39 is 0 Å². The highest BCUT2D eigenvalue weighted by Gasteiger charge is 2.18. The Morgan fingerprint density at radius 1 is 1.14 bits per heavy atom. The predicted molar refractivity (Wildman–Crippen MR) is 130 cm³/mol. The summed E-state index contributed by atoms with van der Waals surface area (Å²) in [7, 11) is 4.01. The average Bonchev–Trinajstić information content (AvgIpc) is 2.71. The summed E-state index contributed by atoms with van der Waals surface area (Å²) in [4.78, 5) is 7.33. The van der Waals surface area contributed by atoms with Gasteiger partial charge in [-0.2, -0.15) is 0 Å². The van der Waals surface area contributed by atoms with Crippen molar-refractivity contribution in [2.45, 2.75) is 64.6 Å². The van der Waals surface area contributed by atoms with E-state index in [4.69, 9.17) is 9.73 Å². The predicted octanol–water partition coefficient (Wildman–Crippen LogP) is 4.16. The van der Waals surface area contributed by atoms with Crippen LogP contribution in [-0.2, 0) is 17.8 Å². The molecule has 0 amide bonds. The SMILES string of the molecule is CCNC(=NCc1ccccc1CN(C)C1CCCCC1)NCCCOC.I. The highest BCUT2D eigenvalue weighted by molar-refractivity contribution is 14.0. The third-order valence-electron chi connectivity index (χ3n) is 5.31. The van der Waals surface area contributed by atoms with Crippen molar-refractivity contribution in [1.82, 2.24) is 15.5 Å². The van der Waals surface area contributed by atoms with Crippen molar-refractivity contribution >= 4 is 29.9 Å². The van der Waals surface area contributed by atoms with Crippen LogP contribution in [0.5, 0.6) is 0 Å². The summed E-state index contributed by atoms with van der Waals surface area (Å²) >= 11 is 0. The number of aliphatic imine (C=N–C) groups is 1. The Morgan fingerprint density at radius 2 is 1.86 bits per heavy atom. The lowest BCUT2D eigenvalue weighted by molar-refractivity contribution is 0.184. The summed E-state index contributed by atoms with van der Waals surface area (Å²) in [6, 6.07) is 9.46. The molecule has 5 nitrogen and oxygen atoms in total. The molecule has 6 heteroatoms. The summed E-state index contributed by atoms with van der Waals surface area (Å²) in [5.41, 5.74) is 2.71. The Kier molecular flexibility index (Phi) is 13.5. The number of rotatable bonds is 10. The Bertz CT molecular complexity index is 561. The Hall–Kier alpha value is -0.860. The molecule has 0 heterocycles. The van der Waals surface area contributed by atoms with Crippen LogP contribution >= 0.6 is 24.0 Å². The maximum absolute atomic E-state index is 5.11. The van der Waals surface area contributed by atoms with Gasteiger partial charge in [-0.25, -0.2) is 4.99 Å². The summed E-state index contributed by atoms with van der Waals surface area (Å²) in [5.74, 6) is 0.879. The molecule has 1 aliphatic rings. The topological polar surface area (TPSA) is 48.9 Å². The monoisotopic (exact) mass is 502 g/mol. The number of halogens is 1. The second-order valence-electron chi connectivity index (χ2n) is 7.44. The van der Waals surface area contributed by atoms with E-state index in [1.54, 1.807) is 7.11 Å². The maximum Gasteiger partial charge on any atom is 0.191 e. The summed E-state index contributed by atoms with van der Waals surface area (Å²) in [5, 5.41) is 6.72. The molecule has 1 aromatic carbocycles. The lowest BCUT2D eigenvalue weighted by Gasteiger charge is -2.31. The summed E-state index contributed by atoms with van der Waals surface area (Å²) in [6.45, 7) is 6.30. The van der Waals surface area contributed by atoms with Crippen LogP contribution in [0.25, 0.3) is 0 Å². The smallest absolute Gasteiger partial charge is 0.191 e. The molecule has 1 fully saturated rings. The highest BCUT2D eigenvalue weighted by atomic mass is 127. The second-order valence-corrected chi connectivity index (χ2v) is 7.44. The molecule has 1 aromatic rings. The molecule has 0 spiro atoms. The number of hydrogen-bond donors (Lipinski definition) is 2. The van der Waals surface area contributed by atoms with Crippen LogP contribution in [0.1, 0.15) is 56.6 Å². The van der Waals surface area contributed by atoms with Gasteiger partial charge in [0.1, 0.15) is 0 Å². The number of benzene rings is 1. The normalized spacial score (nSPS) is 15.4. The molecule has 0 bridgehead atoms. The van der Waals surface area contributed by atoms with Crippen molar-refractivity contribution in [3.63, 3.8) is 0 Å². The average molecular weight is 502 g/mol. The van der Waals surface area contributed by atoms with E-state index >= 15 is 0 Å². The number of methoxy groups -OCH3 is 1. The summed E-state index contributed by atoms with van der Waals surface area (Å²) in [6.07, 6.45) is 7.81. The van der Waals surface area contributed by atoms with Gasteiger partial charge in [0.15, 0.2) is 5.96 Å². The zero-order chi connectivity index (χ0) is 19.3. The minimum absolute atomic E-state index is 0. The molecule has 0 radical (unpaired) electrons. The first-order valence-corrected chi connectivity index (χ1v) is 10.5. The van der Waals surface area contributed by atoms with Gasteiger partial charge in [-0.1, -0.05) is 43.5 Å². The van der Waals surface area contributed by atoms with Gasteiger partial charge in [-0.05, 0) is 44.4 Å². The standard InChI is InChI=1S/C22H38N4O.HI/c1-4-23-22(24-15-10-16-27-3)25-17-19-11-8-9-12-20(19)18-26(2)21-13-6-5-7-14-21;/h8-9,11-12,21H,4-7,10,13-18H2,1-3H3,(H2,23,24,25);1H. The van der Waals surface area contributed by atoms with E-state index in [1.807, 2.05) is 0 Å². The molecule has 0 unspecified atom stereocenters. The van der Waals surface area contributed by atoms with Crippen LogP contribution in [-0.4, -0.2) is 50.8 Å². The number of nitrogens with one attached hydrogen (secondary N) is 2. The Balaban J connectivity index is 0.00000392. The van der Waals surface area contributed by atoms with Crippen molar-refractivity contribution in [3.05, 3.63) is 35.4 Å². The first-order chi connectivity index (χ1) is 13.2. The number of hydrogen-bond acceptors (Lipinski definition) is 3. The number of ether oxygens (including phenoxy) is 1. The van der Waals surface area contributed by atoms with Crippen LogP contribution in [0, 0.1) is 0 Å². The second kappa shape index (κ2) is 15.0. The van der Waals surface area contributed by atoms with Crippen molar-refractivity contribution in [2.75, 3.05) is 33.9 Å². The lowest BCUT2D eigenvalue weighted by atomic mass is 9.94. The van der Waals surface area contributed by atoms with Gasteiger partial charge in [0, 0.05) is 39.4 Å². The largest absolute Gasteiger partial charge is 0.385 e. The minimum Gasteiger partial charge on any atom is -0.385 e. The molecular weight excluding hydrogens is 463 g/mol. The molecular formula is C22H39IN4O. The van der Waals surface area contributed by atoms with E-state index in [0.717, 1.165) is 44.7 Å². The third-order valence-corrected chi connectivity index (χ3v) is 5.31. The van der Waals surface area contributed by atoms with Gasteiger partial charge in [-0.15, -0.1) is 24.0 Å². The van der Waals surface area contributed by atoms with E-state index in [9.17, 15) is 0 Å². The quantitative estimate of drug-likeness (QED) is 0.218. The van der Waals surface area contributed by atoms with Gasteiger partial charge < -0.3 is 15.4 Å². The lowest BCUT2D eigenvalue weighted by Crippen LogP contribution is -2.38. The molecule has 0 atom stereocenters. The van der Waals surface area contributed by atoms with E-state index in [1.165, 1.54) is 43.2 Å². The van der Waals surface area contributed by atoms with Crippen molar-refractivity contribution in [3.8, 4) is 0 Å². The van der Waals surface area contributed by atoms with E-state index in [0.29, 0.717) is 6.54 Å². The Labute approximate surface area is 188 Å². The van der Waals surface area contributed by atoms with Gasteiger partial charge in [0.25, 0.3) is 0 Å². The zero-order valence-electron chi connectivity index (χ0n) is 17.9. The molecule has 28 heavy (non-hydrogen) atoms. The molecule has 0 aromatic heterocycles. The van der Waals surface area contributed by atoms with Crippen molar-refractivity contribution in [1.29, 1.82) is 0 Å². The fourth-order valence-corrected chi connectivity index (χ4v) is 3.71. The molecule has 1 saturated carbocycles. The van der Waals surface area contributed by atoms with Crippen LogP contribution in [0.2, 0.25) is 0 Å². The van der Waals surface area contributed by atoms with Gasteiger partial charge in [-0.3, -0.25) is 4.90 Å². The van der Waals surface area contributed by atoms with Crippen LogP contribution < -0.4 is 10.6 Å². The molecule has 2 rings (SSSR count). The van der Waals surface area contributed by atoms with Crippen molar-refractivity contribution < 1.29 is 4.74 Å². The minimum atomic E-state index is 0. The molecule has 0 aliphatic heterocycles. The fourth-order valence-electron chi connectivity index (χ4n) is 3.71. The summed E-state index contributed by atoms with van der Waals surface area (Å²) < 4.78 is 5.11. The zero-order valence-corrected chi connectivity index (χ0v) is 20.2. The number of guanidine groups is 1. The first-order valence-electron chi connectivity index (χ1n) is 10.5. The third kappa shape index (κ3) is 9.09. The van der Waals surface area contributed by atoms with Crippen LogP contribution in [0.4, 0.5) is 0 Å². The van der Waals surface area contributed by atoms with Crippen molar-refractivity contribution in [2.24, 2.45) is 4.99 Å². The number of nitrogens with zero attached hydrogens (tertiary/aromatic N) is 2. The van der Waals surface area contributed by atoms with Crippen LogP contribution in [0.15, 0.2) is 29.3 Å². The van der Waals surface area contributed by atoms with E-state index in [2.05, 4.69) is 53.8 Å². The fraction of sp³-hybridized carbons (Fsp3) is 0.682. The molecule has 1 aliphatic carbocycles. The van der Waals surface area contributed by atoms with Gasteiger partial charge in [0.2, 0.25) is 0 Å². The van der Waals surface area contributed by atoms with Gasteiger partial charge in [0.05, 0.1) is 6.54 Å². The Morgan fingerprint density at radius 3 is 2.54 bits per heavy atom. The molecule has 0 saturated heterocycles. The first kappa shape index (κ1) is 25.2. The maximum atomic E-state index is 5.11. The highest BCUT2D eigenvalue weighted by Crippen LogP contribution is 2.23. The van der Waals surface area contributed by atoms with E-state index in [-0.39, 0.29) is 24.0 Å². The molecule has 160 valence electrons. The van der Waals surface area contributed by atoms with Gasteiger partial charge >= 0.3 is 0 Å². The molecule has 2 N–H and O–H groups in total. The van der Waals surface area contributed by atoms with Crippen LogP contribution in [0.3, 0.4) is 0 Å².